The van der Waals surface area contributed by atoms with Crippen LogP contribution in [0.5, 0.6) is 0 Å². The van der Waals surface area contributed by atoms with Gasteiger partial charge in [-0.05, 0) is 12.8 Å². The second-order valence-corrected chi connectivity index (χ2v) is 8.62. The monoisotopic (exact) mass is 351 g/mol. The van der Waals surface area contributed by atoms with E-state index in [1.165, 1.54) is 0 Å². The minimum Gasteiger partial charge on any atom is -0.342 e. The molecule has 0 aromatic heterocycles. The summed E-state index contributed by atoms with van der Waals surface area (Å²) in [5, 5.41) is 0. The number of rotatable bonds is 2. The van der Waals surface area contributed by atoms with Gasteiger partial charge in [0.2, 0.25) is 17.7 Å². The normalized spacial score (nSPS) is 20.2. The largest absolute Gasteiger partial charge is 0.342 e. The first-order valence-corrected chi connectivity index (χ1v) is 9.48. The van der Waals surface area contributed by atoms with Crippen molar-refractivity contribution in [3.8, 4) is 0 Å². The zero-order valence-corrected chi connectivity index (χ0v) is 16.4. The van der Waals surface area contributed by atoms with Crippen LogP contribution in [0.25, 0.3) is 0 Å². The molecule has 0 radical (unpaired) electrons. The Morgan fingerprint density at radius 3 is 1.72 bits per heavy atom. The average molecular weight is 351 g/mol. The van der Waals surface area contributed by atoms with E-state index in [1.54, 1.807) is 0 Å². The summed E-state index contributed by atoms with van der Waals surface area (Å²) in [6.45, 7) is 13.4. The first-order valence-electron chi connectivity index (χ1n) is 9.48. The first kappa shape index (κ1) is 19.7. The van der Waals surface area contributed by atoms with Gasteiger partial charge in [0, 0.05) is 56.5 Å². The number of piperazine rings is 1. The maximum absolute atomic E-state index is 12.8. The van der Waals surface area contributed by atoms with Gasteiger partial charge in [-0.15, -0.1) is 0 Å². The molecule has 6 nitrogen and oxygen atoms in total. The molecule has 2 aliphatic heterocycles. The molecule has 0 N–H and O–H groups in total. The molecule has 142 valence electrons. The third kappa shape index (κ3) is 4.73. The smallest absolute Gasteiger partial charge is 0.228 e. The molecule has 0 atom stereocenters. The summed E-state index contributed by atoms with van der Waals surface area (Å²) >= 11 is 0. The summed E-state index contributed by atoms with van der Waals surface area (Å²) in [5.74, 6) is 0.557. The fraction of sp³-hybridized carbons (Fsp3) is 0.842. The highest BCUT2D eigenvalue weighted by molar-refractivity contribution is 5.83. The van der Waals surface area contributed by atoms with Crippen LogP contribution in [-0.2, 0) is 14.4 Å². The maximum atomic E-state index is 12.8. The number of nitrogens with zero attached hydrogens (tertiary/aromatic N) is 3. The van der Waals surface area contributed by atoms with Crippen molar-refractivity contribution in [2.24, 2.45) is 17.3 Å². The summed E-state index contributed by atoms with van der Waals surface area (Å²) in [5.41, 5.74) is -0.373. The van der Waals surface area contributed by atoms with Gasteiger partial charge < -0.3 is 14.7 Å². The third-order valence-corrected chi connectivity index (χ3v) is 5.17. The maximum Gasteiger partial charge on any atom is 0.228 e. The summed E-state index contributed by atoms with van der Waals surface area (Å²) in [7, 11) is 0. The number of amides is 3. The van der Waals surface area contributed by atoms with Gasteiger partial charge in [0.25, 0.3) is 0 Å². The molecule has 25 heavy (non-hydrogen) atoms. The van der Waals surface area contributed by atoms with Gasteiger partial charge in [-0.3, -0.25) is 14.4 Å². The third-order valence-electron chi connectivity index (χ3n) is 5.17. The van der Waals surface area contributed by atoms with Crippen LogP contribution >= 0.6 is 0 Å². The number of carbonyl (C=O) groups excluding carboxylic acids is 3. The lowest BCUT2D eigenvalue weighted by Gasteiger charge is -2.40. The van der Waals surface area contributed by atoms with Gasteiger partial charge in [0.05, 0.1) is 0 Å². The first-order chi connectivity index (χ1) is 11.6. The van der Waals surface area contributed by atoms with Gasteiger partial charge in [0.1, 0.15) is 0 Å². The number of likely N-dealkylation sites (tertiary alicyclic amines) is 1. The van der Waals surface area contributed by atoms with Crippen LogP contribution in [0.2, 0.25) is 0 Å². The van der Waals surface area contributed by atoms with Crippen LogP contribution in [0.4, 0.5) is 0 Å². The molecule has 0 bridgehead atoms. The van der Waals surface area contributed by atoms with Crippen LogP contribution in [0.1, 0.15) is 47.5 Å². The molecule has 6 heteroatoms. The van der Waals surface area contributed by atoms with E-state index < -0.39 is 0 Å². The van der Waals surface area contributed by atoms with Crippen LogP contribution in [0, 0.1) is 17.3 Å². The van der Waals surface area contributed by atoms with E-state index in [-0.39, 0.29) is 35.0 Å². The van der Waals surface area contributed by atoms with Gasteiger partial charge in [-0.1, -0.05) is 34.6 Å². The molecule has 0 aromatic carbocycles. The van der Waals surface area contributed by atoms with E-state index in [4.69, 9.17) is 0 Å². The molecule has 0 aromatic rings. The number of hydrogen-bond acceptors (Lipinski definition) is 3. The molecule has 2 aliphatic rings. The van der Waals surface area contributed by atoms with E-state index in [0.717, 1.165) is 12.8 Å². The zero-order chi connectivity index (χ0) is 18.8. The molecule has 0 spiro atoms. The van der Waals surface area contributed by atoms with E-state index >= 15 is 0 Å². The molecule has 0 saturated carbocycles. The van der Waals surface area contributed by atoms with Crippen LogP contribution in [0.3, 0.4) is 0 Å². The highest BCUT2D eigenvalue weighted by Crippen LogP contribution is 2.23. The Bertz CT molecular complexity index is 508. The number of piperidine rings is 1. The topological polar surface area (TPSA) is 60.9 Å². The van der Waals surface area contributed by atoms with Crippen molar-refractivity contribution < 1.29 is 14.4 Å². The van der Waals surface area contributed by atoms with Crippen molar-refractivity contribution in [2.45, 2.75) is 47.5 Å². The van der Waals surface area contributed by atoms with Gasteiger partial charge in [-0.2, -0.15) is 0 Å². The standard InChI is InChI=1S/C19H33N3O3/c1-14(2)16(23)20-8-6-15(7-9-20)17(24)21-10-12-22(13-11-21)18(25)19(3,4)5/h14-15H,6-13H2,1-5H3. The lowest BCUT2D eigenvalue weighted by Crippen LogP contribution is -2.55. The molecule has 2 heterocycles. The van der Waals surface area contributed by atoms with Crippen molar-refractivity contribution >= 4 is 17.7 Å². The van der Waals surface area contributed by atoms with Gasteiger partial charge in [-0.25, -0.2) is 0 Å². The summed E-state index contributed by atoms with van der Waals surface area (Å²) < 4.78 is 0. The lowest BCUT2D eigenvalue weighted by molar-refractivity contribution is -0.147. The Labute approximate surface area is 151 Å². The Morgan fingerprint density at radius 1 is 0.800 bits per heavy atom. The summed E-state index contributed by atoms with van der Waals surface area (Å²) in [6, 6.07) is 0. The Balaban J connectivity index is 1.82. The predicted molar refractivity (Wildman–Crippen MR) is 96.8 cm³/mol. The van der Waals surface area contributed by atoms with Crippen molar-refractivity contribution in [3.63, 3.8) is 0 Å². The number of hydrogen-bond donors (Lipinski definition) is 0. The minimum atomic E-state index is -0.373. The second-order valence-electron chi connectivity index (χ2n) is 8.62. The molecule has 2 rings (SSSR count). The van der Waals surface area contributed by atoms with Crippen LogP contribution < -0.4 is 0 Å². The minimum absolute atomic E-state index is 0.0145. The molecule has 3 amide bonds. The van der Waals surface area contributed by atoms with Gasteiger partial charge in [0.15, 0.2) is 0 Å². The van der Waals surface area contributed by atoms with Gasteiger partial charge >= 0.3 is 0 Å². The second kappa shape index (κ2) is 7.75. The highest BCUT2D eigenvalue weighted by atomic mass is 16.2. The Hall–Kier alpha value is -1.59. The summed E-state index contributed by atoms with van der Waals surface area (Å²) in [4.78, 5) is 42.8. The van der Waals surface area contributed by atoms with E-state index in [2.05, 4.69) is 0 Å². The SMILES string of the molecule is CC(C)C(=O)N1CCC(C(=O)N2CCN(C(=O)C(C)(C)C)CC2)CC1. The average Bonchev–Trinajstić information content (AvgIpc) is 2.59. The molecular weight excluding hydrogens is 318 g/mol. The van der Waals surface area contributed by atoms with Crippen molar-refractivity contribution in [1.82, 2.24) is 14.7 Å². The van der Waals surface area contributed by atoms with Crippen LogP contribution in [-0.4, -0.2) is 71.7 Å². The molecule has 2 fully saturated rings. The van der Waals surface area contributed by atoms with Crippen molar-refractivity contribution in [3.05, 3.63) is 0 Å². The Kier molecular flexibility index (Phi) is 6.12. The van der Waals surface area contributed by atoms with E-state index in [9.17, 15) is 14.4 Å². The van der Waals surface area contributed by atoms with Crippen LogP contribution in [0.15, 0.2) is 0 Å². The van der Waals surface area contributed by atoms with E-state index in [1.807, 2.05) is 49.3 Å². The predicted octanol–water partition coefficient (Wildman–Crippen LogP) is 1.60. The van der Waals surface area contributed by atoms with Crippen molar-refractivity contribution in [1.29, 1.82) is 0 Å². The lowest BCUT2D eigenvalue weighted by atomic mass is 9.93. The number of carbonyl (C=O) groups is 3. The molecular formula is C19H33N3O3. The zero-order valence-electron chi connectivity index (χ0n) is 16.4. The van der Waals surface area contributed by atoms with E-state index in [0.29, 0.717) is 39.3 Å². The fourth-order valence-electron chi connectivity index (χ4n) is 3.57. The Morgan fingerprint density at radius 2 is 1.28 bits per heavy atom. The highest BCUT2D eigenvalue weighted by Gasteiger charge is 2.34. The molecule has 0 aliphatic carbocycles. The summed E-state index contributed by atoms with van der Waals surface area (Å²) in [6.07, 6.45) is 1.50. The molecule has 2 saturated heterocycles. The molecule has 0 unspecified atom stereocenters. The quantitative estimate of drug-likeness (QED) is 0.759. The van der Waals surface area contributed by atoms with Crippen molar-refractivity contribution in [2.75, 3.05) is 39.3 Å². The fourth-order valence-corrected chi connectivity index (χ4v) is 3.57.